The maximum absolute atomic E-state index is 13.2. The summed E-state index contributed by atoms with van der Waals surface area (Å²) in [5.74, 6) is -0.447. The average Bonchev–Trinajstić information content (AvgIpc) is 2.37. The molecule has 0 saturated carbocycles. The van der Waals surface area contributed by atoms with E-state index in [0.717, 1.165) is 19.4 Å². The molecule has 1 atom stereocenters. The molecular formula is C13H14FN3O. The van der Waals surface area contributed by atoms with Gasteiger partial charge in [0, 0.05) is 13.1 Å². The normalized spacial score (nSPS) is 19.1. The average molecular weight is 247 g/mol. The van der Waals surface area contributed by atoms with Gasteiger partial charge in [0.2, 0.25) is 5.91 Å². The first-order chi connectivity index (χ1) is 8.69. The third-order valence-electron chi connectivity index (χ3n) is 2.92. The summed E-state index contributed by atoms with van der Waals surface area (Å²) in [6.45, 7) is 1.10. The van der Waals surface area contributed by atoms with E-state index in [2.05, 4.69) is 10.6 Å². The summed E-state index contributed by atoms with van der Waals surface area (Å²) in [5, 5.41) is 14.6. The highest BCUT2D eigenvalue weighted by Crippen LogP contribution is 2.10. The molecule has 0 aromatic heterocycles. The number of carbonyl (C=O) groups is 1. The Labute approximate surface area is 105 Å². The molecule has 2 N–H and O–H groups in total. The van der Waals surface area contributed by atoms with Gasteiger partial charge in [-0.3, -0.25) is 4.79 Å². The molecule has 0 bridgehead atoms. The first kappa shape index (κ1) is 12.5. The summed E-state index contributed by atoms with van der Waals surface area (Å²) in [7, 11) is 0. The van der Waals surface area contributed by atoms with E-state index in [1.54, 1.807) is 6.07 Å². The maximum atomic E-state index is 13.2. The van der Waals surface area contributed by atoms with Gasteiger partial charge in [-0.15, -0.1) is 0 Å². The molecule has 1 aromatic rings. The van der Waals surface area contributed by atoms with Crippen LogP contribution in [0.1, 0.15) is 24.0 Å². The van der Waals surface area contributed by atoms with E-state index in [9.17, 15) is 9.18 Å². The lowest BCUT2D eigenvalue weighted by molar-refractivity contribution is -0.124. The Bertz CT molecular complexity index is 495. The zero-order chi connectivity index (χ0) is 13.0. The summed E-state index contributed by atoms with van der Waals surface area (Å²) in [5.41, 5.74) is 0.963. The second-order valence-electron chi connectivity index (χ2n) is 4.33. The van der Waals surface area contributed by atoms with Crippen molar-refractivity contribution in [1.29, 1.82) is 5.26 Å². The number of nitrogens with zero attached hydrogens (tertiary/aromatic N) is 1. The molecule has 0 radical (unpaired) electrons. The SMILES string of the molecule is N#Cc1cc(F)cc(CNC2CCCNC2=O)c1. The van der Waals surface area contributed by atoms with Gasteiger partial charge in [-0.25, -0.2) is 4.39 Å². The molecule has 1 fully saturated rings. The highest BCUT2D eigenvalue weighted by atomic mass is 19.1. The Morgan fingerprint density at radius 2 is 2.33 bits per heavy atom. The van der Waals surface area contributed by atoms with E-state index in [1.165, 1.54) is 12.1 Å². The Hall–Kier alpha value is -1.93. The molecule has 1 aliphatic rings. The first-order valence-electron chi connectivity index (χ1n) is 5.90. The van der Waals surface area contributed by atoms with E-state index < -0.39 is 5.82 Å². The number of nitriles is 1. The van der Waals surface area contributed by atoms with Crippen molar-refractivity contribution in [1.82, 2.24) is 10.6 Å². The quantitative estimate of drug-likeness (QED) is 0.839. The summed E-state index contributed by atoms with van der Waals surface area (Å²) >= 11 is 0. The molecule has 1 saturated heterocycles. The van der Waals surface area contributed by atoms with Crippen molar-refractivity contribution in [3.63, 3.8) is 0 Å². The third-order valence-corrected chi connectivity index (χ3v) is 2.92. The molecule has 0 spiro atoms. The molecule has 1 aliphatic heterocycles. The van der Waals surface area contributed by atoms with Crippen molar-refractivity contribution in [3.8, 4) is 6.07 Å². The van der Waals surface area contributed by atoms with Crippen molar-refractivity contribution in [3.05, 3.63) is 35.1 Å². The fourth-order valence-corrected chi connectivity index (χ4v) is 2.02. The van der Waals surface area contributed by atoms with Gasteiger partial charge in [-0.05, 0) is 36.6 Å². The molecule has 2 rings (SSSR count). The molecule has 1 unspecified atom stereocenters. The van der Waals surface area contributed by atoms with Crippen LogP contribution < -0.4 is 10.6 Å². The number of hydrogen-bond acceptors (Lipinski definition) is 3. The minimum absolute atomic E-state index is 0.0156. The maximum Gasteiger partial charge on any atom is 0.237 e. The van der Waals surface area contributed by atoms with Crippen LogP contribution >= 0.6 is 0 Å². The van der Waals surface area contributed by atoms with Crippen molar-refractivity contribution in [2.45, 2.75) is 25.4 Å². The van der Waals surface area contributed by atoms with Gasteiger partial charge in [-0.1, -0.05) is 0 Å². The smallest absolute Gasteiger partial charge is 0.237 e. The predicted octanol–water partition coefficient (Wildman–Crippen LogP) is 1.07. The van der Waals surface area contributed by atoms with E-state index in [4.69, 9.17) is 5.26 Å². The lowest BCUT2D eigenvalue weighted by Gasteiger charge is -2.22. The first-order valence-corrected chi connectivity index (χ1v) is 5.90. The van der Waals surface area contributed by atoms with Gasteiger partial charge in [0.1, 0.15) is 5.82 Å². The second kappa shape index (κ2) is 5.61. The summed E-state index contributed by atoms with van der Waals surface area (Å²) in [6.07, 6.45) is 1.72. The zero-order valence-corrected chi connectivity index (χ0v) is 9.87. The fourth-order valence-electron chi connectivity index (χ4n) is 2.02. The zero-order valence-electron chi connectivity index (χ0n) is 9.87. The third kappa shape index (κ3) is 3.05. The van der Waals surface area contributed by atoms with Crippen LogP contribution in [0.25, 0.3) is 0 Å². The number of benzene rings is 1. The minimum Gasteiger partial charge on any atom is -0.355 e. The Morgan fingerprint density at radius 3 is 3.06 bits per heavy atom. The number of rotatable bonds is 3. The van der Waals surface area contributed by atoms with Gasteiger partial charge in [0.05, 0.1) is 17.7 Å². The molecule has 5 heteroatoms. The largest absolute Gasteiger partial charge is 0.355 e. The van der Waals surface area contributed by atoms with E-state index in [0.29, 0.717) is 17.7 Å². The van der Waals surface area contributed by atoms with Crippen molar-refractivity contribution in [2.24, 2.45) is 0 Å². The monoisotopic (exact) mass is 247 g/mol. The van der Waals surface area contributed by atoms with E-state index in [-0.39, 0.29) is 11.9 Å². The van der Waals surface area contributed by atoms with E-state index >= 15 is 0 Å². The van der Waals surface area contributed by atoms with Gasteiger partial charge in [0.15, 0.2) is 0 Å². The number of halogens is 1. The second-order valence-corrected chi connectivity index (χ2v) is 4.33. The topological polar surface area (TPSA) is 64.9 Å². The van der Waals surface area contributed by atoms with Gasteiger partial charge in [0.25, 0.3) is 0 Å². The van der Waals surface area contributed by atoms with Gasteiger partial charge < -0.3 is 10.6 Å². The van der Waals surface area contributed by atoms with Crippen LogP contribution in [-0.2, 0) is 11.3 Å². The molecule has 18 heavy (non-hydrogen) atoms. The molecule has 94 valence electrons. The highest BCUT2D eigenvalue weighted by molar-refractivity contribution is 5.82. The molecule has 4 nitrogen and oxygen atoms in total. The Balaban J connectivity index is 1.99. The fraction of sp³-hybridized carbons (Fsp3) is 0.385. The standard InChI is InChI=1S/C13H14FN3O/c14-11-5-9(7-15)4-10(6-11)8-17-12-2-1-3-16-13(12)18/h4-6,12,17H,1-3,8H2,(H,16,18). The van der Waals surface area contributed by atoms with Crippen LogP contribution in [0.4, 0.5) is 4.39 Å². The Kier molecular flexibility index (Phi) is 3.90. The van der Waals surface area contributed by atoms with Crippen LogP contribution in [0, 0.1) is 17.1 Å². The number of carbonyl (C=O) groups excluding carboxylic acids is 1. The number of nitrogens with one attached hydrogen (secondary N) is 2. The van der Waals surface area contributed by atoms with Crippen LogP contribution in [-0.4, -0.2) is 18.5 Å². The van der Waals surface area contributed by atoms with Crippen molar-refractivity contribution >= 4 is 5.91 Å². The number of hydrogen-bond donors (Lipinski definition) is 2. The lowest BCUT2D eigenvalue weighted by Crippen LogP contribution is -2.47. The van der Waals surface area contributed by atoms with Crippen LogP contribution in [0.2, 0.25) is 0 Å². The van der Waals surface area contributed by atoms with Crippen molar-refractivity contribution in [2.75, 3.05) is 6.54 Å². The molecular weight excluding hydrogens is 233 g/mol. The summed E-state index contributed by atoms with van der Waals surface area (Å²) < 4.78 is 13.2. The molecule has 1 amide bonds. The summed E-state index contributed by atoms with van der Waals surface area (Å²) in [4.78, 5) is 11.5. The minimum atomic E-state index is -0.432. The molecule has 1 heterocycles. The Morgan fingerprint density at radius 1 is 1.50 bits per heavy atom. The van der Waals surface area contributed by atoms with Crippen LogP contribution in [0.15, 0.2) is 18.2 Å². The van der Waals surface area contributed by atoms with Gasteiger partial charge in [-0.2, -0.15) is 5.26 Å². The number of amides is 1. The van der Waals surface area contributed by atoms with Crippen LogP contribution in [0.3, 0.4) is 0 Å². The van der Waals surface area contributed by atoms with Gasteiger partial charge >= 0.3 is 0 Å². The summed E-state index contributed by atoms with van der Waals surface area (Å²) in [6, 6.07) is 5.86. The number of piperidine rings is 1. The van der Waals surface area contributed by atoms with Crippen LogP contribution in [0.5, 0.6) is 0 Å². The highest BCUT2D eigenvalue weighted by Gasteiger charge is 2.20. The predicted molar refractivity (Wildman–Crippen MR) is 64.0 cm³/mol. The molecule has 1 aromatic carbocycles. The lowest BCUT2D eigenvalue weighted by atomic mass is 10.1. The van der Waals surface area contributed by atoms with Crippen molar-refractivity contribution < 1.29 is 9.18 Å². The van der Waals surface area contributed by atoms with E-state index in [1.807, 2.05) is 6.07 Å². The molecule has 0 aliphatic carbocycles.